The van der Waals surface area contributed by atoms with Gasteiger partial charge in [-0.25, -0.2) is 4.79 Å². The molecule has 1 aliphatic heterocycles. The number of morpholine rings is 1. The van der Waals surface area contributed by atoms with Gasteiger partial charge in [0.2, 0.25) is 5.91 Å². The SMILES string of the molecule is CC(C)(C)OC(=O)NCCSCC(=O)N1CCOCC1. The molecule has 0 aromatic heterocycles. The summed E-state index contributed by atoms with van der Waals surface area (Å²) in [4.78, 5) is 25.0. The number of hydrogen-bond acceptors (Lipinski definition) is 5. The van der Waals surface area contributed by atoms with Crippen LogP contribution >= 0.6 is 11.8 Å². The molecule has 0 aromatic carbocycles. The fourth-order valence-electron chi connectivity index (χ4n) is 1.60. The number of carbonyl (C=O) groups excluding carboxylic acids is 2. The van der Waals surface area contributed by atoms with Crippen LogP contribution in [0.5, 0.6) is 0 Å². The Balaban J connectivity index is 2.04. The van der Waals surface area contributed by atoms with Gasteiger partial charge in [0.15, 0.2) is 0 Å². The van der Waals surface area contributed by atoms with Crippen molar-refractivity contribution in [2.45, 2.75) is 26.4 Å². The van der Waals surface area contributed by atoms with Crippen LogP contribution in [-0.2, 0) is 14.3 Å². The lowest BCUT2D eigenvalue weighted by Crippen LogP contribution is -2.41. The van der Waals surface area contributed by atoms with Crippen LogP contribution in [0, 0.1) is 0 Å². The summed E-state index contributed by atoms with van der Waals surface area (Å²) in [6.45, 7) is 8.56. The molecule has 1 N–H and O–H groups in total. The second kappa shape index (κ2) is 8.36. The summed E-state index contributed by atoms with van der Waals surface area (Å²) in [5.74, 6) is 1.27. The highest BCUT2D eigenvalue weighted by molar-refractivity contribution is 7.99. The van der Waals surface area contributed by atoms with Crippen molar-refractivity contribution in [2.24, 2.45) is 0 Å². The van der Waals surface area contributed by atoms with Crippen LogP contribution in [0.3, 0.4) is 0 Å². The minimum atomic E-state index is -0.483. The lowest BCUT2D eigenvalue weighted by molar-refractivity contribution is -0.132. The molecule has 0 bridgehead atoms. The van der Waals surface area contributed by atoms with Crippen molar-refractivity contribution < 1.29 is 19.1 Å². The van der Waals surface area contributed by atoms with Gasteiger partial charge >= 0.3 is 6.09 Å². The van der Waals surface area contributed by atoms with Crippen LogP contribution in [0.25, 0.3) is 0 Å². The van der Waals surface area contributed by atoms with Gasteiger partial charge in [-0.15, -0.1) is 0 Å². The molecule has 1 fully saturated rings. The number of amides is 2. The summed E-state index contributed by atoms with van der Waals surface area (Å²) >= 11 is 1.51. The van der Waals surface area contributed by atoms with Crippen LogP contribution in [0.15, 0.2) is 0 Å². The zero-order chi connectivity index (χ0) is 15.0. The predicted molar refractivity (Wildman–Crippen MR) is 79.0 cm³/mol. The van der Waals surface area contributed by atoms with Gasteiger partial charge < -0.3 is 19.7 Å². The summed E-state index contributed by atoms with van der Waals surface area (Å²) < 4.78 is 10.3. The first-order valence-electron chi connectivity index (χ1n) is 6.78. The maximum atomic E-state index is 11.8. The monoisotopic (exact) mass is 304 g/mol. The molecule has 0 aromatic rings. The number of alkyl carbamates (subject to hydrolysis) is 1. The van der Waals surface area contributed by atoms with E-state index in [0.29, 0.717) is 44.4 Å². The van der Waals surface area contributed by atoms with E-state index < -0.39 is 11.7 Å². The van der Waals surface area contributed by atoms with Crippen molar-refractivity contribution in [3.8, 4) is 0 Å². The van der Waals surface area contributed by atoms with Gasteiger partial charge in [0, 0.05) is 25.4 Å². The summed E-state index contributed by atoms with van der Waals surface area (Å²) in [6.07, 6.45) is -0.419. The molecule has 7 heteroatoms. The second-order valence-electron chi connectivity index (χ2n) is 5.47. The van der Waals surface area contributed by atoms with Crippen molar-refractivity contribution in [2.75, 3.05) is 44.4 Å². The first kappa shape index (κ1) is 17.1. The smallest absolute Gasteiger partial charge is 0.407 e. The highest BCUT2D eigenvalue weighted by Gasteiger charge is 2.17. The molecule has 2 amide bonds. The second-order valence-corrected chi connectivity index (χ2v) is 6.58. The van der Waals surface area contributed by atoms with E-state index in [4.69, 9.17) is 9.47 Å². The number of nitrogens with one attached hydrogen (secondary N) is 1. The standard InChI is InChI=1S/C13H24N2O4S/c1-13(2,3)19-12(17)14-4-9-20-10-11(16)15-5-7-18-8-6-15/h4-10H2,1-3H3,(H,14,17). The molecule has 116 valence electrons. The molecule has 1 heterocycles. The molecule has 0 atom stereocenters. The Morgan fingerprint density at radius 2 is 1.95 bits per heavy atom. The first-order valence-corrected chi connectivity index (χ1v) is 7.94. The highest BCUT2D eigenvalue weighted by Crippen LogP contribution is 2.07. The lowest BCUT2D eigenvalue weighted by Gasteiger charge is -2.26. The zero-order valence-electron chi connectivity index (χ0n) is 12.4. The van der Waals surface area contributed by atoms with Gasteiger partial charge in [-0.2, -0.15) is 11.8 Å². The van der Waals surface area contributed by atoms with Crippen LogP contribution in [0.4, 0.5) is 4.79 Å². The lowest BCUT2D eigenvalue weighted by atomic mass is 10.2. The average molecular weight is 304 g/mol. The Labute approximate surface area is 124 Å². The molecular formula is C13H24N2O4S. The van der Waals surface area contributed by atoms with E-state index >= 15 is 0 Å². The summed E-state index contributed by atoms with van der Waals surface area (Å²) in [6, 6.07) is 0. The van der Waals surface area contributed by atoms with Crippen molar-refractivity contribution >= 4 is 23.8 Å². The Kier molecular flexibility index (Phi) is 7.15. The Bertz CT molecular complexity index is 325. The fraction of sp³-hybridized carbons (Fsp3) is 0.846. The predicted octanol–water partition coefficient (Wildman–Crippen LogP) is 1.10. The molecule has 0 radical (unpaired) electrons. The number of ether oxygens (including phenoxy) is 2. The molecular weight excluding hydrogens is 280 g/mol. The Hall–Kier alpha value is -0.950. The van der Waals surface area contributed by atoms with Gasteiger partial charge in [-0.05, 0) is 20.8 Å². The first-order chi connectivity index (χ1) is 9.38. The van der Waals surface area contributed by atoms with Crippen molar-refractivity contribution in [3.63, 3.8) is 0 Å². The molecule has 0 saturated carbocycles. The molecule has 6 nitrogen and oxygen atoms in total. The topological polar surface area (TPSA) is 67.9 Å². The van der Waals surface area contributed by atoms with E-state index in [-0.39, 0.29) is 5.91 Å². The van der Waals surface area contributed by atoms with Gasteiger partial charge in [-0.1, -0.05) is 0 Å². The third-order valence-electron chi connectivity index (χ3n) is 2.50. The maximum absolute atomic E-state index is 11.8. The highest BCUT2D eigenvalue weighted by atomic mass is 32.2. The van der Waals surface area contributed by atoms with E-state index in [1.807, 2.05) is 25.7 Å². The van der Waals surface area contributed by atoms with Gasteiger partial charge in [0.25, 0.3) is 0 Å². The summed E-state index contributed by atoms with van der Waals surface area (Å²) in [5.41, 5.74) is -0.483. The number of rotatable bonds is 5. The quantitative estimate of drug-likeness (QED) is 0.771. The van der Waals surface area contributed by atoms with Crippen molar-refractivity contribution in [3.05, 3.63) is 0 Å². The number of carbonyl (C=O) groups is 2. The molecule has 1 aliphatic rings. The van der Waals surface area contributed by atoms with Crippen LogP contribution in [0.1, 0.15) is 20.8 Å². The number of nitrogens with zero attached hydrogens (tertiary/aromatic N) is 1. The third-order valence-corrected chi connectivity index (χ3v) is 3.45. The number of thioether (sulfide) groups is 1. The number of hydrogen-bond donors (Lipinski definition) is 1. The van der Waals surface area contributed by atoms with E-state index in [2.05, 4.69) is 5.32 Å². The van der Waals surface area contributed by atoms with Gasteiger partial charge in [0.05, 0.1) is 19.0 Å². The molecule has 0 aliphatic carbocycles. The average Bonchev–Trinajstić information content (AvgIpc) is 2.37. The van der Waals surface area contributed by atoms with E-state index in [9.17, 15) is 9.59 Å². The normalized spacial score (nSPS) is 15.8. The third kappa shape index (κ3) is 7.59. The maximum Gasteiger partial charge on any atom is 0.407 e. The molecule has 20 heavy (non-hydrogen) atoms. The summed E-state index contributed by atoms with van der Waals surface area (Å²) in [5, 5.41) is 2.67. The van der Waals surface area contributed by atoms with Gasteiger partial charge in [0.1, 0.15) is 5.60 Å². The minimum Gasteiger partial charge on any atom is -0.444 e. The largest absolute Gasteiger partial charge is 0.444 e. The van der Waals surface area contributed by atoms with E-state index in [1.165, 1.54) is 11.8 Å². The fourth-order valence-corrected chi connectivity index (χ4v) is 2.35. The van der Waals surface area contributed by atoms with Crippen LogP contribution < -0.4 is 5.32 Å². The Morgan fingerprint density at radius 3 is 2.55 bits per heavy atom. The van der Waals surface area contributed by atoms with Gasteiger partial charge in [-0.3, -0.25) is 4.79 Å². The minimum absolute atomic E-state index is 0.135. The van der Waals surface area contributed by atoms with Crippen molar-refractivity contribution in [1.29, 1.82) is 0 Å². The summed E-state index contributed by atoms with van der Waals surface area (Å²) in [7, 11) is 0. The molecule has 0 spiro atoms. The molecule has 0 unspecified atom stereocenters. The van der Waals surface area contributed by atoms with E-state index in [1.54, 1.807) is 0 Å². The Morgan fingerprint density at radius 1 is 1.30 bits per heavy atom. The molecule has 1 saturated heterocycles. The van der Waals surface area contributed by atoms with E-state index in [0.717, 1.165) is 0 Å². The van der Waals surface area contributed by atoms with Crippen LogP contribution in [0.2, 0.25) is 0 Å². The molecule has 1 rings (SSSR count). The zero-order valence-corrected chi connectivity index (χ0v) is 13.3. The van der Waals surface area contributed by atoms with Crippen molar-refractivity contribution in [1.82, 2.24) is 10.2 Å². The van der Waals surface area contributed by atoms with Crippen LogP contribution in [-0.4, -0.2) is 66.9 Å².